The van der Waals surface area contributed by atoms with Crippen LogP contribution in [0.1, 0.15) is 10.6 Å². The summed E-state index contributed by atoms with van der Waals surface area (Å²) in [6.07, 6.45) is 2.19. The molecule has 88 valence electrons. The number of ketones is 1. The Balaban J connectivity index is 1.84. The highest BCUT2D eigenvalue weighted by Crippen LogP contribution is 2.19. The molecule has 1 aromatic carbocycles. The number of carbonyl (C=O) groups excluding carboxylic acids is 1. The Kier molecular flexibility index (Phi) is 4.34. The number of thioether (sulfide) groups is 1. The van der Waals surface area contributed by atoms with Crippen molar-refractivity contribution in [3.05, 3.63) is 46.4 Å². The zero-order chi connectivity index (χ0) is 12.1. The molecule has 0 saturated heterocycles. The maximum atomic E-state index is 11.7. The number of benzene rings is 1. The van der Waals surface area contributed by atoms with E-state index in [9.17, 15) is 4.79 Å². The molecule has 0 aliphatic heterocycles. The second-order valence-electron chi connectivity index (χ2n) is 3.75. The van der Waals surface area contributed by atoms with E-state index in [-0.39, 0.29) is 5.78 Å². The molecule has 1 aromatic heterocycles. The predicted octanol–water partition coefficient (Wildman–Crippen LogP) is 3.36. The van der Waals surface area contributed by atoms with Crippen molar-refractivity contribution in [1.29, 1.82) is 0 Å². The van der Waals surface area contributed by atoms with Gasteiger partial charge in [-0.3, -0.25) is 4.79 Å². The van der Waals surface area contributed by atoms with Gasteiger partial charge in [0.2, 0.25) is 0 Å². The van der Waals surface area contributed by atoms with Gasteiger partial charge < -0.3 is 0 Å². The minimum atomic E-state index is 0.228. The van der Waals surface area contributed by atoms with Crippen LogP contribution in [0.25, 0.3) is 0 Å². The van der Waals surface area contributed by atoms with E-state index in [2.05, 4.69) is 24.0 Å². The summed E-state index contributed by atoms with van der Waals surface area (Å²) in [6.45, 7) is 2.06. The van der Waals surface area contributed by atoms with Crippen LogP contribution in [0, 0.1) is 6.92 Å². The molecule has 0 radical (unpaired) electrons. The van der Waals surface area contributed by atoms with Crippen molar-refractivity contribution in [2.24, 2.45) is 0 Å². The van der Waals surface area contributed by atoms with Gasteiger partial charge in [-0.15, -0.1) is 23.1 Å². The second-order valence-corrected chi connectivity index (χ2v) is 5.77. The summed E-state index contributed by atoms with van der Waals surface area (Å²) in [6, 6.07) is 8.21. The van der Waals surface area contributed by atoms with Crippen molar-refractivity contribution < 1.29 is 4.79 Å². The van der Waals surface area contributed by atoms with Crippen LogP contribution in [-0.4, -0.2) is 16.5 Å². The molecule has 0 fully saturated rings. The maximum Gasteiger partial charge on any atom is 0.149 e. The lowest BCUT2D eigenvalue weighted by atomic mass is 10.2. The number of aryl methyl sites for hydroxylation is 1. The third kappa shape index (κ3) is 3.98. The average molecular weight is 263 g/mol. The molecule has 0 amide bonds. The zero-order valence-corrected chi connectivity index (χ0v) is 11.2. The Bertz CT molecular complexity index is 494. The molecule has 0 atom stereocenters. The Hall–Kier alpha value is -1.13. The quantitative estimate of drug-likeness (QED) is 0.775. The Morgan fingerprint density at radius 1 is 1.47 bits per heavy atom. The Labute approximate surface area is 109 Å². The van der Waals surface area contributed by atoms with Gasteiger partial charge in [0.15, 0.2) is 0 Å². The van der Waals surface area contributed by atoms with E-state index in [1.807, 2.05) is 17.5 Å². The van der Waals surface area contributed by atoms with Crippen molar-refractivity contribution in [3.63, 3.8) is 0 Å². The fraction of sp³-hybridized carbons (Fsp3) is 0.231. The average Bonchev–Trinajstić information content (AvgIpc) is 2.79. The first-order valence-corrected chi connectivity index (χ1v) is 7.20. The van der Waals surface area contributed by atoms with Crippen LogP contribution in [0.3, 0.4) is 0 Å². The molecular weight excluding hydrogens is 250 g/mol. The SMILES string of the molecule is Cc1cccc(SCC(=O)Cc2nccs2)c1. The number of Topliss-reactive ketones (excluding diaryl/α,β-unsaturated/α-hetero) is 1. The number of nitrogens with zero attached hydrogens (tertiary/aromatic N) is 1. The first-order valence-electron chi connectivity index (χ1n) is 5.33. The third-order valence-corrected chi connectivity index (χ3v) is 4.05. The molecular formula is C13H13NOS2. The Morgan fingerprint density at radius 3 is 3.06 bits per heavy atom. The summed E-state index contributed by atoms with van der Waals surface area (Å²) < 4.78 is 0. The molecule has 2 rings (SSSR count). The molecule has 1 heterocycles. The van der Waals surface area contributed by atoms with Crippen LogP contribution in [-0.2, 0) is 11.2 Å². The van der Waals surface area contributed by atoms with Crippen molar-refractivity contribution >= 4 is 28.9 Å². The third-order valence-electron chi connectivity index (χ3n) is 2.22. The summed E-state index contributed by atoms with van der Waals surface area (Å²) in [7, 11) is 0. The van der Waals surface area contributed by atoms with E-state index >= 15 is 0 Å². The van der Waals surface area contributed by atoms with Gasteiger partial charge in [0.05, 0.1) is 17.2 Å². The van der Waals surface area contributed by atoms with E-state index in [1.165, 1.54) is 16.9 Å². The van der Waals surface area contributed by atoms with E-state index in [0.717, 1.165) is 9.90 Å². The molecule has 17 heavy (non-hydrogen) atoms. The van der Waals surface area contributed by atoms with Crippen molar-refractivity contribution in [3.8, 4) is 0 Å². The number of carbonyl (C=O) groups is 1. The highest BCUT2D eigenvalue weighted by Gasteiger charge is 2.06. The van der Waals surface area contributed by atoms with Gasteiger partial charge in [-0.05, 0) is 19.1 Å². The van der Waals surface area contributed by atoms with E-state index in [1.54, 1.807) is 18.0 Å². The van der Waals surface area contributed by atoms with Crippen LogP contribution < -0.4 is 0 Å². The lowest BCUT2D eigenvalue weighted by Gasteiger charge is -2.01. The second kappa shape index (κ2) is 5.98. The van der Waals surface area contributed by atoms with Crippen molar-refractivity contribution in [2.45, 2.75) is 18.2 Å². The van der Waals surface area contributed by atoms with Crippen LogP contribution >= 0.6 is 23.1 Å². The maximum absolute atomic E-state index is 11.7. The lowest BCUT2D eigenvalue weighted by molar-refractivity contribution is -0.116. The topological polar surface area (TPSA) is 30.0 Å². The number of thiazole rings is 1. The predicted molar refractivity (Wildman–Crippen MR) is 72.7 cm³/mol. The minimum Gasteiger partial charge on any atom is -0.298 e. The molecule has 0 N–H and O–H groups in total. The molecule has 0 aliphatic rings. The van der Waals surface area contributed by atoms with Crippen LogP contribution in [0.15, 0.2) is 40.7 Å². The van der Waals surface area contributed by atoms with Gasteiger partial charge in [-0.1, -0.05) is 17.7 Å². The monoisotopic (exact) mass is 263 g/mol. The highest BCUT2D eigenvalue weighted by molar-refractivity contribution is 8.00. The summed E-state index contributed by atoms with van der Waals surface area (Å²) in [4.78, 5) is 17.0. The normalized spacial score (nSPS) is 10.4. The summed E-state index contributed by atoms with van der Waals surface area (Å²) >= 11 is 3.13. The fourth-order valence-electron chi connectivity index (χ4n) is 1.43. The van der Waals surface area contributed by atoms with Gasteiger partial charge >= 0.3 is 0 Å². The van der Waals surface area contributed by atoms with Crippen molar-refractivity contribution in [2.75, 3.05) is 5.75 Å². The largest absolute Gasteiger partial charge is 0.298 e. The zero-order valence-electron chi connectivity index (χ0n) is 9.55. The molecule has 0 saturated carbocycles. The smallest absolute Gasteiger partial charge is 0.149 e. The molecule has 2 aromatic rings. The fourth-order valence-corrected chi connectivity index (χ4v) is 2.95. The van der Waals surface area contributed by atoms with E-state index in [0.29, 0.717) is 12.2 Å². The molecule has 4 heteroatoms. The minimum absolute atomic E-state index is 0.228. The van der Waals surface area contributed by atoms with Crippen LogP contribution in [0.2, 0.25) is 0 Å². The number of hydrogen-bond acceptors (Lipinski definition) is 4. The van der Waals surface area contributed by atoms with Crippen molar-refractivity contribution in [1.82, 2.24) is 4.98 Å². The number of rotatable bonds is 5. The lowest BCUT2D eigenvalue weighted by Crippen LogP contribution is -2.05. The summed E-state index contributed by atoms with van der Waals surface area (Å²) in [5.41, 5.74) is 1.22. The molecule has 0 bridgehead atoms. The molecule has 0 spiro atoms. The van der Waals surface area contributed by atoms with Gasteiger partial charge in [-0.25, -0.2) is 4.98 Å². The Morgan fingerprint density at radius 2 is 2.35 bits per heavy atom. The van der Waals surface area contributed by atoms with Gasteiger partial charge in [0.1, 0.15) is 5.78 Å². The van der Waals surface area contributed by atoms with Gasteiger partial charge in [-0.2, -0.15) is 0 Å². The molecule has 0 unspecified atom stereocenters. The highest BCUT2D eigenvalue weighted by atomic mass is 32.2. The van der Waals surface area contributed by atoms with Crippen LogP contribution in [0.4, 0.5) is 0 Å². The summed E-state index contributed by atoms with van der Waals surface area (Å²) in [5.74, 6) is 0.745. The number of hydrogen-bond donors (Lipinski definition) is 0. The molecule has 0 aliphatic carbocycles. The summed E-state index contributed by atoms with van der Waals surface area (Å²) in [5, 5.41) is 2.80. The molecule has 2 nitrogen and oxygen atoms in total. The first kappa shape index (κ1) is 12.3. The number of aromatic nitrogens is 1. The van der Waals surface area contributed by atoms with Gasteiger partial charge in [0, 0.05) is 16.5 Å². The van der Waals surface area contributed by atoms with E-state index < -0.39 is 0 Å². The standard InChI is InChI=1S/C13H13NOS2/c1-10-3-2-4-12(7-10)17-9-11(15)8-13-14-5-6-16-13/h2-7H,8-9H2,1H3. The van der Waals surface area contributed by atoms with Crippen LogP contribution in [0.5, 0.6) is 0 Å². The van der Waals surface area contributed by atoms with Gasteiger partial charge in [0.25, 0.3) is 0 Å². The van der Waals surface area contributed by atoms with E-state index in [4.69, 9.17) is 0 Å². The first-order chi connectivity index (χ1) is 8.24.